The molecular formula is C41H51N7O7. The molecule has 5 rings (SSSR count). The minimum Gasteiger partial charge on any atom is -0.480 e. The highest BCUT2D eigenvalue weighted by Gasteiger charge is 2.35. The van der Waals surface area contributed by atoms with E-state index < -0.39 is 72.2 Å². The van der Waals surface area contributed by atoms with Crippen molar-refractivity contribution in [2.75, 3.05) is 27.2 Å². The topological polar surface area (TPSA) is 179 Å². The summed E-state index contributed by atoms with van der Waals surface area (Å²) in [4.78, 5) is 91.0. The number of ether oxygens (including phenoxy) is 1. The number of nitrogens with zero attached hydrogens (tertiary/aromatic N) is 3. The maximum atomic E-state index is 14.6. The van der Waals surface area contributed by atoms with Gasteiger partial charge < -0.3 is 35.8 Å². The highest BCUT2D eigenvalue weighted by molar-refractivity contribution is 6.00. The fraction of sp³-hybridized carbons (Fsp3) is 0.439. The molecule has 4 N–H and O–H groups in total. The molecule has 2 heterocycles. The molecular weight excluding hydrogens is 702 g/mol. The number of pyridine rings is 1. The molecule has 1 aromatic heterocycles. The number of carbonyl (C=O) groups excluding carboxylic acids is 6. The van der Waals surface area contributed by atoms with Gasteiger partial charge in [-0.15, -0.1) is 0 Å². The highest BCUT2D eigenvalue weighted by Crippen LogP contribution is 2.28. The van der Waals surface area contributed by atoms with Crippen LogP contribution >= 0.6 is 0 Å². The Morgan fingerprint density at radius 2 is 1.55 bits per heavy atom. The molecule has 3 aromatic rings. The number of amides is 6. The Hall–Kier alpha value is -5.79. The van der Waals surface area contributed by atoms with Crippen molar-refractivity contribution in [2.45, 2.75) is 83.6 Å². The molecule has 14 nitrogen and oxygen atoms in total. The summed E-state index contributed by atoms with van der Waals surface area (Å²) in [5, 5.41) is 11.3. The molecule has 0 radical (unpaired) electrons. The number of aryl methyl sites for hydroxylation is 2. The van der Waals surface area contributed by atoms with Crippen molar-refractivity contribution in [3.8, 4) is 5.88 Å². The van der Waals surface area contributed by atoms with Crippen LogP contribution in [0.3, 0.4) is 0 Å². The number of hydrogen-bond donors (Lipinski definition) is 4. The van der Waals surface area contributed by atoms with Gasteiger partial charge in [-0.3, -0.25) is 28.8 Å². The van der Waals surface area contributed by atoms with Crippen LogP contribution < -0.4 is 26.0 Å². The standard InChI is InChI=1S/C41H51N7O7/c1-24(2)35-38(52)42-25(3)36(50)44-33(28-16-11-8-12-17-28)22-48(40(53)30-21-29-18-13-19-31(29)45-39(30)55-6)23-34(49)43-32(20-27-14-9-7-10-15-27)41(54)47(5)26(4)37(51)46-35/h7-12,14-17,21,24-26,32-33,35H,13,18-20,22-23H2,1-6H3,(H,42,52)(H,43,49)(H,44,50)(H,46,51)/t25-,26-,32-,33-,35+/m0/s1. The van der Waals surface area contributed by atoms with Gasteiger partial charge in [-0.1, -0.05) is 74.5 Å². The molecule has 2 aromatic carbocycles. The van der Waals surface area contributed by atoms with Gasteiger partial charge in [0.1, 0.15) is 29.7 Å². The van der Waals surface area contributed by atoms with Crippen molar-refractivity contribution >= 4 is 35.4 Å². The quantitative estimate of drug-likeness (QED) is 0.296. The van der Waals surface area contributed by atoms with Crippen molar-refractivity contribution < 1.29 is 33.5 Å². The molecule has 14 heteroatoms. The monoisotopic (exact) mass is 753 g/mol. The lowest BCUT2D eigenvalue weighted by atomic mass is 10.0. The van der Waals surface area contributed by atoms with Crippen LogP contribution in [0.1, 0.15) is 72.9 Å². The van der Waals surface area contributed by atoms with E-state index >= 15 is 0 Å². The van der Waals surface area contributed by atoms with Gasteiger partial charge in [-0.25, -0.2) is 4.98 Å². The molecule has 0 bridgehead atoms. The molecule has 1 saturated heterocycles. The van der Waals surface area contributed by atoms with Crippen LogP contribution in [0.5, 0.6) is 5.88 Å². The maximum Gasteiger partial charge on any atom is 0.259 e. The summed E-state index contributed by atoms with van der Waals surface area (Å²) >= 11 is 0. The Kier molecular flexibility index (Phi) is 13.2. The largest absolute Gasteiger partial charge is 0.480 e. The van der Waals surface area contributed by atoms with Crippen molar-refractivity contribution in [1.29, 1.82) is 0 Å². The first-order chi connectivity index (χ1) is 26.3. The van der Waals surface area contributed by atoms with E-state index in [9.17, 15) is 28.8 Å². The van der Waals surface area contributed by atoms with Gasteiger partial charge in [-0.05, 0) is 61.8 Å². The maximum absolute atomic E-state index is 14.6. The van der Waals surface area contributed by atoms with Gasteiger partial charge in [-0.2, -0.15) is 0 Å². The number of aromatic nitrogens is 1. The summed E-state index contributed by atoms with van der Waals surface area (Å²) in [7, 11) is 2.88. The van der Waals surface area contributed by atoms with E-state index in [-0.39, 0.29) is 30.3 Å². The number of fused-ring (bicyclic) bond motifs is 1. The van der Waals surface area contributed by atoms with E-state index in [1.54, 1.807) is 44.2 Å². The first kappa shape index (κ1) is 40.4. The number of methoxy groups -OCH3 is 1. The molecule has 1 fully saturated rings. The fourth-order valence-electron chi connectivity index (χ4n) is 6.84. The molecule has 0 spiro atoms. The third kappa shape index (κ3) is 9.85. The minimum atomic E-state index is -1.13. The van der Waals surface area contributed by atoms with Gasteiger partial charge >= 0.3 is 0 Å². The first-order valence-electron chi connectivity index (χ1n) is 18.7. The molecule has 0 saturated carbocycles. The van der Waals surface area contributed by atoms with E-state index in [4.69, 9.17) is 4.74 Å². The van der Waals surface area contributed by atoms with Crippen LogP contribution in [0.15, 0.2) is 66.7 Å². The zero-order chi connectivity index (χ0) is 39.8. The van der Waals surface area contributed by atoms with E-state index in [0.717, 1.165) is 36.1 Å². The lowest BCUT2D eigenvalue weighted by Crippen LogP contribution is -2.59. The number of likely N-dealkylation sites (N-methyl/N-ethyl adjacent to an activating group) is 1. The van der Waals surface area contributed by atoms with Crippen molar-refractivity contribution in [1.82, 2.24) is 36.1 Å². The predicted octanol–water partition coefficient (Wildman–Crippen LogP) is 2.11. The summed E-state index contributed by atoms with van der Waals surface area (Å²) in [5.74, 6) is -3.71. The Morgan fingerprint density at radius 3 is 2.20 bits per heavy atom. The number of carbonyl (C=O) groups is 6. The SMILES string of the molecule is COc1nc2c(cc1C(=O)N1CC(=O)N[C@@H](Cc3ccccc3)C(=O)N(C)[C@@H](C)C(=O)N[C@H](C(C)C)C(=O)N[C@@H](C)C(=O)N[C@H](c3ccccc3)C1)CCC2. The lowest BCUT2D eigenvalue weighted by molar-refractivity contribution is -0.142. The Bertz CT molecular complexity index is 1890. The second-order valence-corrected chi connectivity index (χ2v) is 14.6. The third-order valence-corrected chi connectivity index (χ3v) is 10.2. The predicted molar refractivity (Wildman–Crippen MR) is 205 cm³/mol. The lowest BCUT2D eigenvalue weighted by Gasteiger charge is -2.33. The zero-order valence-corrected chi connectivity index (χ0v) is 32.3. The van der Waals surface area contributed by atoms with Crippen molar-refractivity contribution in [3.63, 3.8) is 0 Å². The Balaban J connectivity index is 1.58. The molecule has 292 valence electrons. The Labute approximate surface area is 321 Å². The van der Waals surface area contributed by atoms with Gasteiger partial charge in [0.2, 0.25) is 35.4 Å². The Morgan fingerprint density at radius 1 is 0.873 bits per heavy atom. The summed E-state index contributed by atoms with van der Waals surface area (Å²) in [5.41, 5.74) is 3.33. The van der Waals surface area contributed by atoms with Gasteiger partial charge in [0.15, 0.2) is 0 Å². The van der Waals surface area contributed by atoms with Crippen LogP contribution in [0.25, 0.3) is 0 Å². The van der Waals surface area contributed by atoms with E-state index in [0.29, 0.717) is 5.56 Å². The van der Waals surface area contributed by atoms with Crippen LogP contribution in [-0.4, -0.2) is 102 Å². The van der Waals surface area contributed by atoms with Crippen molar-refractivity contribution in [2.24, 2.45) is 5.92 Å². The number of benzene rings is 2. The average Bonchev–Trinajstić information content (AvgIpc) is 3.65. The smallest absolute Gasteiger partial charge is 0.259 e. The van der Waals surface area contributed by atoms with Crippen LogP contribution in [0, 0.1) is 5.92 Å². The van der Waals surface area contributed by atoms with Crippen LogP contribution in [0.2, 0.25) is 0 Å². The molecule has 6 amide bonds. The summed E-state index contributed by atoms with van der Waals surface area (Å²) < 4.78 is 5.58. The molecule has 1 aliphatic carbocycles. The van der Waals surface area contributed by atoms with Gasteiger partial charge in [0.25, 0.3) is 5.91 Å². The molecule has 1 aliphatic heterocycles. The zero-order valence-electron chi connectivity index (χ0n) is 32.3. The van der Waals surface area contributed by atoms with Crippen LogP contribution in [0.4, 0.5) is 0 Å². The van der Waals surface area contributed by atoms with Gasteiger partial charge in [0, 0.05) is 25.7 Å². The second kappa shape index (κ2) is 18.0. The second-order valence-electron chi connectivity index (χ2n) is 14.6. The first-order valence-corrected chi connectivity index (χ1v) is 18.7. The summed E-state index contributed by atoms with van der Waals surface area (Å²) in [6, 6.07) is 14.7. The number of rotatable bonds is 6. The molecule has 5 atom stereocenters. The number of hydrogen-bond acceptors (Lipinski definition) is 8. The summed E-state index contributed by atoms with van der Waals surface area (Å²) in [6.45, 7) is 5.90. The fourth-order valence-corrected chi connectivity index (χ4v) is 6.84. The highest BCUT2D eigenvalue weighted by atomic mass is 16.5. The van der Waals surface area contributed by atoms with Crippen molar-refractivity contribution in [3.05, 3.63) is 94.7 Å². The summed E-state index contributed by atoms with van der Waals surface area (Å²) in [6.07, 6.45) is 2.48. The number of nitrogens with one attached hydrogen (secondary N) is 4. The average molecular weight is 754 g/mol. The van der Waals surface area contributed by atoms with Gasteiger partial charge in [0.05, 0.1) is 19.7 Å². The van der Waals surface area contributed by atoms with E-state index in [2.05, 4.69) is 26.3 Å². The normalized spacial score (nSPS) is 23.2. The molecule has 55 heavy (non-hydrogen) atoms. The van der Waals surface area contributed by atoms with Crippen LogP contribution in [-0.2, 0) is 43.2 Å². The molecule has 0 unspecified atom stereocenters. The van der Waals surface area contributed by atoms with E-state index in [1.165, 1.54) is 37.8 Å². The third-order valence-electron chi connectivity index (χ3n) is 10.2. The van der Waals surface area contributed by atoms with E-state index in [1.807, 2.05) is 36.4 Å². The molecule has 2 aliphatic rings. The minimum absolute atomic E-state index is 0.0955.